The van der Waals surface area contributed by atoms with Gasteiger partial charge in [0, 0.05) is 16.9 Å². The van der Waals surface area contributed by atoms with Crippen LogP contribution in [0.25, 0.3) is 0 Å². The number of methoxy groups -OCH3 is 1. The second kappa shape index (κ2) is 6.23. The number of hydrogen-bond donors (Lipinski definition) is 1. The fourth-order valence-electron chi connectivity index (χ4n) is 1.32. The predicted molar refractivity (Wildman–Crippen MR) is 77.9 cm³/mol. The van der Waals surface area contributed by atoms with E-state index in [4.69, 9.17) is 4.74 Å². The van der Waals surface area contributed by atoms with Gasteiger partial charge in [-0.1, -0.05) is 0 Å². The first-order valence-corrected chi connectivity index (χ1v) is 7.58. The van der Waals surface area contributed by atoms with Crippen LogP contribution in [0.5, 0.6) is 5.88 Å². The normalized spacial score (nSPS) is 15.3. The lowest BCUT2D eigenvalue weighted by molar-refractivity contribution is 0.387. The van der Waals surface area contributed by atoms with Gasteiger partial charge in [0.15, 0.2) is 0 Å². The molecule has 0 saturated heterocycles. The number of ether oxygens (including phenoxy) is 1. The second-order valence-corrected chi connectivity index (χ2v) is 7.76. The Kier molecular flexibility index (Phi) is 5.46. The maximum absolute atomic E-state index is 12.0. The molecule has 6 heteroatoms. The number of nitrogens with zero attached hydrogens (tertiary/aromatic N) is 1. The van der Waals surface area contributed by atoms with Crippen molar-refractivity contribution in [2.45, 2.75) is 38.5 Å². The van der Waals surface area contributed by atoms with Gasteiger partial charge in [-0.15, -0.1) is 4.72 Å². The van der Waals surface area contributed by atoms with E-state index in [1.54, 1.807) is 7.11 Å². The monoisotopic (exact) mass is 334 g/mol. The van der Waals surface area contributed by atoms with E-state index in [2.05, 4.69) is 25.6 Å². The third-order valence-corrected chi connectivity index (χ3v) is 4.48. The van der Waals surface area contributed by atoms with Crippen LogP contribution in [0.2, 0.25) is 0 Å². The molecule has 0 aliphatic carbocycles. The van der Waals surface area contributed by atoms with E-state index >= 15 is 0 Å². The van der Waals surface area contributed by atoms with Gasteiger partial charge in [0.1, 0.15) is 9.35 Å². The van der Waals surface area contributed by atoms with E-state index in [1.807, 2.05) is 39.8 Å². The summed E-state index contributed by atoms with van der Waals surface area (Å²) in [5.41, 5.74) is 0.887. The molecule has 1 N–H and O–H groups in total. The van der Waals surface area contributed by atoms with E-state index < -0.39 is 11.4 Å². The maximum Gasteiger partial charge on any atom is 0.219 e. The Morgan fingerprint density at radius 1 is 1.44 bits per heavy atom. The zero-order chi connectivity index (χ0) is 13.9. The van der Waals surface area contributed by atoms with Crippen molar-refractivity contribution in [3.63, 3.8) is 0 Å². The highest BCUT2D eigenvalue weighted by Crippen LogP contribution is 2.27. The highest BCUT2D eigenvalue weighted by Gasteiger charge is 2.29. The zero-order valence-corrected chi connectivity index (χ0v) is 13.7. The Bertz CT molecular complexity index is 410. The summed E-state index contributed by atoms with van der Waals surface area (Å²) in [4.78, 5) is 4.24. The lowest BCUT2D eigenvalue weighted by Crippen LogP contribution is -2.40. The van der Waals surface area contributed by atoms with Crippen LogP contribution in [-0.4, -0.2) is 21.4 Å². The first-order valence-electron chi connectivity index (χ1n) is 5.64. The quantitative estimate of drug-likeness (QED) is 0.679. The molecule has 1 heterocycles. The molecule has 2 atom stereocenters. The fraction of sp³-hybridized carbons (Fsp3) is 0.583. The van der Waals surface area contributed by atoms with Crippen LogP contribution >= 0.6 is 15.9 Å². The van der Waals surface area contributed by atoms with Crippen molar-refractivity contribution in [1.29, 1.82) is 0 Å². The van der Waals surface area contributed by atoms with Crippen LogP contribution in [0.4, 0.5) is 0 Å². The van der Waals surface area contributed by atoms with Gasteiger partial charge in [0.2, 0.25) is 5.88 Å². The summed E-state index contributed by atoms with van der Waals surface area (Å²) in [5.74, 6) is 0.537. The molecule has 102 valence electrons. The highest BCUT2D eigenvalue weighted by molar-refractivity contribution is 9.10. The Balaban J connectivity index is 2.87. The van der Waals surface area contributed by atoms with E-state index in [0.29, 0.717) is 10.5 Å². The van der Waals surface area contributed by atoms with E-state index in [-0.39, 0.29) is 10.8 Å². The Morgan fingerprint density at radius 3 is 2.56 bits per heavy atom. The minimum atomic E-state index is -1.13. The minimum absolute atomic E-state index is 0.0967. The molecule has 0 bridgehead atoms. The van der Waals surface area contributed by atoms with Crippen molar-refractivity contribution >= 4 is 27.3 Å². The zero-order valence-electron chi connectivity index (χ0n) is 11.3. The smallest absolute Gasteiger partial charge is 0.219 e. The molecule has 0 aliphatic rings. The Hall–Kier alpha value is -0.300. The molecule has 0 aliphatic heterocycles. The van der Waals surface area contributed by atoms with Gasteiger partial charge in [0.05, 0.1) is 13.2 Å². The minimum Gasteiger partial charge on any atom is -0.598 e. The predicted octanol–water partition coefficient (Wildman–Crippen LogP) is 2.97. The molecule has 0 spiro atoms. The molecule has 0 fully saturated rings. The summed E-state index contributed by atoms with van der Waals surface area (Å²) in [6.07, 6.45) is 0. The van der Waals surface area contributed by atoms with Crippen LogP contribution in [0, 0.1) is 0 Å². The molecule has 1 rings (SSSR count). The summed E-state index contributed by atoms with van der Waals surface area (Å²) >= 11 is 2.17. The molecule has 0 amide bonds. The third kappa shape index (κ3) is 4.12. The number of halogens is 1. The van der Waals surface area contributed by atoms with Crippen LogP contribution in [0.15, 0.2) is 16.7 Å². The van der Waals surface area contributed by atoms with Crippen molar-refractivity contribution in [3.05, 3.63) is 22.3 Å². The standard InChI is InChI=1S/C12H19BrN2O2S/c1-8(15-18(16)12(2,3)4)9-6-7-10(13)14-11(9)17-5/h6-8,15H,1-5H3. The third-order valence-electron chi connectivity index (χ3n) is 2.36. The molecule has 18 heavy (non-hydrogen) atoms. The Labute approximate surface area is 120 Å². The average Bonchev–Trinajstić information content (AvgIpc) is 2.27. The van der Waals surface area contributed by atoms with Crippen molar-refractivity contribution in [3.8, 4) is 5.88 Å². The molecule has 1 aromatic heterocycles. The van der Waals surface area contributed by atoms with E-state index in [1.165, 1.54) is 0 Å². The van der Waals surface area contributed by atoms with Crippen molar-refractivity contribution in [1.82, 2.24) is 9.71 Å². The van der Waals surface area contributed by atoms with Crippen molar-refractivity contribution in [2.75, 3.05) is 7.11 Å². The van der Waals surface area contributed by atoms with Crippen LogP contribution < -0.4 is 9.46 Å². The maximum atomic E-state index is 12.0. The molecule has 1 aromatic rings. The first kappa shape index (κ1) is 15.8. The molecule has 0 aromatic carbocycles. The number of pyridine rings is 1. The van der Waals surface area contributed by atoms with Crippen LogP contribution in [0.1, 0.15) is 39.3 Å². The van der Waals surface area contributed by atoms with Gasteiger partial charge in [-0.3, -0.25) is 0 Å². The average molecular weight is 335 g/mol. The SMILES string of the molecule is COc1nc(Br)ccc1C(C)N[S+]([O-])C(C)(C)C. The van der Waals surface area contributed by atoms with Gasteiger partial charge < -0.3 is 9.29 Å². The van der Waals surface area contributed by atoms with Crippen molar-refractivity contribution in [2.24, 2.45) is 0 Å². The van der Waals surface area contributed by atoms with Crippen molar-refractivity contribution < 1.29 is 9.29 Å². The van der Waals surface area contributed by atoms with Gasteiger partial charge in [-0.25, -0.2) is 4.98 Å². The summed E-state index contributed by atoms with van der Waals surface area (Å²) in [7, 11) is 1.58. The largest absolute Gasteiger partial charge is 0.598 e. The lowest BCUT2D eigenvalue weighted by Gasteiger charge is -2.26. The lowest BCUT2D eigenvalue weighted by atomic mass is 10.1. The molecule has 0 radical (unpaired) electrons. The number of hydrogen-bond acceptors (Lipinski definition) is 4. The summed E-state index contributed by atoms with van der Waals surface area (Å²) in [6.45, 7) is 7.73. The Morgan fingerprint density at radius 2 is 2.06 bits per heavy atom. The van der Waals surface area contributed by atoms with Gasteiger partial charge in [0.25, 0.3) is 0 Å². The fourth-order valence-corrected chi connectivity index (χ4v) is 2.42. The van der Waals surface area contributed by atoms with E-state index in [0.717, 1.165) is 5.56 Å². The summed E-state index contributed by atoms with van der Waals surface area (Å²) < 4.78 is 20.8. The van der Waals surface area contributed by atoms with Gasteiger partial charge >= 0.3 is 0 Å². The summed E-state index contributed by atoms with van der Waals surface area (Å²) in [5, 5.41) is 0. The topological polar surface area (TPSA) is 57.2 Å². The second-order valence-electron chi connectivity index (χ2n) is 4.95. The molecule has 4 nitrogen and oxygen atoms in total. The van der Waals surface area contributed by atoms with Gasteiger partial charge in [-0.2, -0.15) is 0 Å². The first-order chi connectivity index (χ1) is 8.25. The molecule has 0 saturated carbocycles. The molecule has 2 unspecified atom stereocenters. The summed E-state index contributed by atoms with van der Waals surface area (Å²) in [6, 6.07) is 3.66. The highest BCUT2D eigenvalue weighted by atomic mass is 79.9. The van der Waals surface area contributed by atoms with Crippen LogP contribution in [0.3, 0.4) is 0 Å². The number of rotatable bonds is 4. The number of nitrogens with one attached hydrogen (secondary N) is 1. The van der Waals surface area contributed by atoms with Crippen LogP contribution in [-0.2, 0) is 11.4 Å². The molecular formula is C12H19BrN2O2S. The molecular weight excluding hydrogens is 316 g/mol. The van der Waals surface area contributed by atoms with E-state index in [9.17, 15) is 4.55 Å². The van der Waals surface area contributed by atoms with Gasteiger partial charge in [-0.05, 0) is 55.8 Å². The number of aromatic nitrogens is 1.